The maximum Gasteiger partial charge on any atom is 0.104 e. The van der Waals surface area contributed by atoms with E-state index in [1.165, 1.54) is 76.3 Å². The van der Waals surface area contributed by atoms with Crippen molar-refractivity contribution in [1.82, 2.24) is 0 Å². The van der Waals surface area contributed by atoms with E-state index >= 15 is 0 Å². The van der Waals surface area contributed by atoms with Crippen LogP contribution in [-0.2, 0) is 6.54 Å². The van der Waals surface area contributed by atoms with Crippen molar-refractivity contribution in [2.75, 3.05) is 20.6 Å². The van der Waals surface area contributed by atoms with Crippen LogP contribution >= 0.6 is 0 Å². The molecule has 1 rings (SSSR count). The molecule has 0 fully saturated rings. The Kier molecular flexibility index (Phi) is 11.1. The monoisotopic (exact) mass is 332 g/mol. The van der Waals surface area contributed by atoms with Crippen molar-refractivity contribution in [3.05, 3.63) is 35.9 Å². The maximum atomic E-state index is 2.41. The third-order valence-corrected chi connectivity index (χ3v) is 5.14. The first-order chi connectivity index (χ1) is 11.6. The third-order valence-electron chi connectivity index (χ3n) is 5.14. The molecule has 0 bridgehead atoms. The number of unbranched alkanes of at least 4 members (excludes halogenated alkanes) is 6. The van der Waals surface area contributed by atoms with E-state index in [4.69, 9.17) is 0 Å². The number of nitrogens with zero attached hydrogens (tertiary/aromatic N) is 1. The van der Waals surface area contributed by atoms with E-state index in [1.807, 2.05) is 0 Å². The first kappa shape index (κ1) is 21.2. The molecule has 0 saturated carbocycles. The van der Waals surface area contributed by atoms with Gasteiger partial charge in [-0.25, -0.2) is 0 Å². The van der Waals surface area contributed by atoms with Gasteiger partial charge in [0.25, 0.3) is 0 Å². The minimum Gasteiger partial charge on any atom is -0.325 e. The highest BCUT2D eigenvalue weighted by molar-refractivity contribution is 5.13. The summed E-state index contributed by atoms with van der Waals surface area (Å²) in [5, 5.41) is 0. The molecule has 0 spiro atoms. The fourth-order valence-electron chi connectivity index (χ4n) is 3.89. The van der Waals surface area contributed by atoms with Crippen LogP contribution in [0.4, 0.5) is 0 Å². The van der Waals surface area contributed by atoms with E-state index in [2.05, 4.69) is 58.3 Å². The number of rotatable bonds is 14. The molecule has 1 atom stereocenters. The Morgan fingerprint density at radius 2 is 1.29 bits per heavy atom. The largest absolute Gasteiger partial charge is 0.325 e. The van der Waals surface area contributed by atoms with Crippen molar-refractivity contribution in [3.63, 3.8) is 0 Å². The standard InChI is InChI=1S/C23H42N/c1-5-7-9-10-13-17-22(16-12-8-6-2)20-24(3,4)21-23-18-14-11-15-19-23/h11,14-15,18-19,22H,5-10,12-13,16-17,20-21H2,1-4H3/q+1. The topological polar surface area (TPSA) is 0 Å². The third kappa shape index (κ3) is 10.1. The molecule has 0 aliphatic heterocycles. The highest BCUT2D eigenvalue weighted by atomic mass is 15.3. The molecular weight excluding hydrogens is 290 g/mol. The number of hydrogen-bond acceptors (Lipinski definition) is 0. The lowest BCUT2D eigenvalue weighted by Gasteiger charge is -2.34. The first-order valence-electron chi connectivity index (χ1n) is 10.4. The van der Waals surface area contributed by atoms with Crippen molar-refractivity contribution >= 4 is 0 Å². The van der Waals surface area contributed by atoms with Crippen LogP contribution in [0.25, 0.3) is 0 Å². The summed E-state index contributed by atoms with van der Waals surface area (Å²) in [4.78, 5) is 0. The second kappa shape index (κ2) is 12.5. The summed E-state index contributed by atoms with van der Waals surface area (Å²) < 4.78 is 1.12. The number of benzene rings is 1. The molecular formula is C23H42N+. The van der Waals surface area contributed by atoms with Crippen LogP contribution in [0.2, 0.25) is 0 Å². The van der Waals surface area contributed by atoms with Gasteiger partial charge in [0.15, 0.2) is 0 Å². The molecule has 0 aliphatic carbocycles. The Morgan fingerprint density at radius 3 is 1.92 bits per heavy atom. The zero-order valence-electron chi connectivity index (χ0n) is 16.9. The van der Waals surface area contributed by atoms with Gasteiger partial charge < -0.3 is 4.48 Å². The minimum atomic E-state index is 0.900. The average Bonchev–Trinajstić information content (AvgIpc) is 2.55. The molecule has 1 heteroatoms. The molecule has 1 nitrogen and oxygen atoms in total. The Labute approximate surface area is 152 Å². The number of hydrogen-bond donors (Lipinski definition) is 0. The van der Waals surface area contributed by atoms with Gasteiger partial charge >= 0.3 is 0 Å². The lowest BCUT2D eigenvalue weighted by molar-refractivity contribution is -0.907. The molecule has 0 heterocycles. The Morgan fingerprint density at radius 1 is 0.750 bits per heavy atom. The van der Waals surface area contributed by atoms with Crippen LogP contribution in [-0.4, -0.2) is 25.1 Å². The lowest BCUT2D eigenvalue weighted by Crippen LogP contribution is -2.42. The van der Waals surface area contributed by atoms with Crippen LogP contribution in [0.1, 0.15) is 83.6 Å². The fraction of sp³-hybridized carbons (Fsp3) is 0.739. The zero-order valence-corrected chi connectivity index (χ0v) is 16.9. The normalized spacial score (nSPS) is 13.2. The van der Waals surface area contributed by atoms with Crippen LogP contribution < -0.4 is 0 Å². The smallest absolute Gasteiger partial charge is 0.104 e. The second-order valence-electron chi connectivity index (χ2n) is 8.33. The molecule has 1 aromatic carbocycles. The molecule has 138 valence electrons. The molecule has 0 aliphatic rings. The van der Waals surface area contributed by atoms with Crippen molar-refractivity contribution < 1.29 is 4.48 Å². The summed E-state index contributed by atoms with van der Waals surface area (Å²) in [7, 11) is 4.83. The van der Waals surface area contributed by atoms with E-state index in [0.29, 0.717) is 0 Å². The zero-order chi connectivity index (χ0) is 17.7. The summed E-state index contributed by atoms with van der Waals surface area (Å²) in [6, 6.07) is 11.0. The summed E-state index contributed by atoms with van der Waals surface area (Å²) in [6.45, 7) is 7.10. The predicted octanol–water partition coefficient (Wildman–Crippen LogP) is 6.82. The summed E-state index contributed by atoms with van der Waals surface area (Å²) in [5.41, 5.74) is 1.47. The van der Waals surface area contributed by atoms with Crippen molar-refractivity contribution in [2.45, 2.75) is 84.6 Å². The van der Waals surface area contributed by atoms with Gasteiger partial charge in [0.05, 0.1) is 20.6 Å². The minimum absolute atomic E-state index is 0.900. The van der Waals surface area contributed by atoms with Gasteiger partial charge in [-0.1, -0.05) is 95.5 Å². The number of quaternary nitrogens is 1. The quantitative estimate of drug-likeness (QED) is 0.259. The fourth-order valence-corrected chi connectivity index (χ4v) is 3.89. The molecule has 0 amide bonds. The van der Waals surface area contributed by atoms with E-state index in [9.17, 15) is 0 Å². The van der Waals surface area contributed by atoms with Crippen molar-refractivity contribution in [3.8, 4) is 0 Å². The SMILES string of the molecule is CCCCCCCC(CCCCC)C[N+](C)(C)Cc1ccccc1. The van der Waals surface area contributed by atoms with Gasteiger partial charge in [-0.2, -0.15) is 0 Å². The first-order valence-corrected chi connectivity index (χ1v) is 10.4. The van der Waals surface area contributed by atoms with Gasteiger partial charge in [-0.15, -0.1) is 0 Å². The molecule has 24 heavy (non-hydrogen) atoms. The molecule has 1 aromatic rings. The van der Waals surface area contributed by atoms with Crippen LogP contribution in [0.5, 0.6) is 0 Å². The van der Waals surface area contributed by atoms with Gasteiger partial charge in [-0.3, -0.25) is 0 Å². The highest BCUT2D eigenvalue weighted by Crippen LogP contribution is 2.22. The Balaban J connectivity index is 2.47. The highest BCUT2D eigenvalue weighted by Gasteiger charge is 2.22. The van der Waals surface area contributed by atoms with Crippen LogP contribution in [0.3, 0.4) is 0 Å². The van der Waals surface area contributed by atoms with Crippen molar-refractivity contribution in [2.24, 2.45) is 5.92 Å². The summed E-state index contributed by atoms with van der Waals surface area (Å²) in [6.07, 6.45) is 14.1. The predicted molar refractivity (Wildman–Crippen MR) is 108 cm³/mol. The van der Waals surface area contributed by atoms with E-state index in [0.717, 1.165) is 16.9 Å². The average molecular weight is 333 g/mol. The molecule has 0 saturated heterocycles. The molecule has 0 N–H and O–H groups in total. The molecule has 0 aromatic heterocycles. The van der Waals surface area contributed by atoms with E-state index in [-0.39, 0.29) is 0 Å². The van der Waals surface area contributed by atoms with E-state index < -0.39 is 0 Å². The van der Waals surface area contributed by atoms with Gasteiger partial charge in [0.2, 0.25) is 0 Å². The second-order valence-corrected chi connectivity index (χ2v) is 8.33. The summed E-state index contributed by atoms with van der Waals surface area (Å²) in [5.74, 6) is 0.900. The molecule has 0 radical (unpaired) electrons. The Hall–Kier alpha value is -0.820. The Bertz CT molecular complexity index is 396. The van der Waals surface area contributed by atoms with Gasteiger partial charge in [0, 0.05) is 11.5 Å². The van der Waals surface area contributed by atoms with E-state index in [1.54, 1.807) is 0 Å². The van der Waals surface area contributed by atoms with Gasteiger partial charge in [0.1, 0.15) is 6.54 Å². The maximum absolute atomic E-state index is 2.41. The van der Waals surface area contributed by atoms with Crippen molar-refractivity contribution in [1.29, 1.82) is 0 Å². The molecule has 1 unspecified atom stereocenters. The lowest BCUT2D eigenvalue weighted by atomic mass is 9.93. The summed E-state index contributed by atoms with van der Waals surface area (Å²) >= 11 is 0. The van der Waals surface area contributed by atoms with Gasteiger partial charge in [-0.05, 0) is 12.8 Å². The van der Waals surface area contributed by atoms with Crippen LogP contribution in [0.15, 0.2) is 30.3 Å². The van der Waals surface area contributed by atoms with Crippen LogP contribution in [0, 0.1) is 5.92 Å².